The van der Waals surface area contributed by atoms with Crippen LogP contribution in [0.2, 0.25) is 5.02 Å². The van der Waals surface area contributed by atoms with Gasteiger partial charge in [-0.1, -0.05) is 35.1 Å². The quantitative estimate of drug-likeness (QED) is 0.790. The van der Waals surface area contributed by atoms with Crippen LogP contribution in [0.15, 0.2) is 24.3 Å². The van der Waals surface area contributed by atoms with Crippen LogP contribution >= 0.6 is 22.9 Å². The third-order valence-corrected chi connectivity index (χ3v) is 4.37. The van der Waals surface area contributed by atoms with E-state index in [0.29, 0.717) is 10.6 Å². The Hall–Kier alpha value is -1.92. The highest BCUT2D eigenvalue weighted by Crippen LogP contribution is 2.22. The Morgan fingerprint density at radius 2 is 2.10 bits per heavy atom. The number of nitrogens with zero attached hydrogens (tertiary/aromatic N) is 3. The highest BCUT2D eigenvalue weighted by atomic mass is 35.5. The largest absolute Gasteiger partial charge is 0.289 e. The summed E-state index contributed by atoms with van der Waals surface area (Å²) >= 11 is 7.52. The van der Waals surface area contributed by atoms with Crippen LogP contribution in [0.4, 0.5) is 5.95 Å². The molecule has 0 radical (unpaired) electrons. The van der Waals surface area contributed by atoms with Crippen LogP contribution in [-0.2, 0) is 0 Å². The lowest BCUT2D eigenvalue weighted by molar-refractivity contribution is 0.102. The molecule has 3 rings (SSSR count). The smallest absolute Gasteiger partial charge is 0.259 e. The molecule has 0 unspecified atom stereocenters. The van der Waals surface area contributed by atoms with Crippen molar-refractivity contribution < 1.29 is 4.79 Å². The topological polar surface area (TPSA) is 59.3 Å². The van der Waals surface area contributed by atoms with Gasteiger partial charge in [-0.25, -0.2) is 4.52 Å². The van der Waals surface area contributed by atoms with Crippen LogP contribution in [0.3, 0.4) is 0 Å². The maximum Gasteiger partial charge on any atom is 0.259 e. The van der Waals surface area contributed by atoms with E-state index in [4.69, 9.17) is 11.6 Å². The third-order valence-electron chi connectivity index (χ3n) is 2.99. The van der Waals surface area contributed by atoms with Gasteiger partial charge in [-0.15, -0.1) is 5.10 Å². The molecule has 0 aliphatic heterocycles. The average molecular weight is 307 g/mol. The summed E-state index contributed by atoms with van der Waals surface area (Å²) in [7, 11) is 0. The van der Waals surface area contributed by atoms with E-state index >= 15 is 0 Å². The summed E-state index contributed by atoms with van der Waals surface area (Å²) in [6, 6.07) is 6.86. The Kier molecular flexibility index (Phi) is 3.19. The minimum Gasteiger partial charge on any atom is -0.289 e. The summed E-state index contributed by atoms with van der Waals surface area (Å²) in [5.74, 6) is -0.0347. The number of anilines is 1. The van der Waals surface area contributed by atoms with Gasteiger partial charge < -0.3 is 0 Å². The number of hydrogen-bond donors (Lipinski definition) is 1. The minimum atomic E-state index is -0.316. The summed E-state index contributed by atoms with van der Waals surface area (Å²) in [5.41, 5.74) is 1.43. The summed E-state index contributed by atoms with van der Waals surface area (Å²) in [6.45, 7) is 3.98. The molecule has 1 N–H and O–H groups in total. The van der Waals surface area contributed by atoms with Gasteiger partial charge in [0.05, 0.1) is 16.3 Å². The van der Waals surface area contributed by atoms with Gasteiger partial charge in [0, 0.05) is 4.88 Å². The highest BCUT2D eigenvalue weighted by molar-refractivity contribution is 7.17. The van der Waals surface area contributed by atoms with Crippen molar-refractivity contribution in [3.8, 4) is 0 Å². The molecule has 0 saturated heterocycles. The van der Waals surface area contributed by atoms with Gasteiger partial charge in [0.2, 0.25) is 4.96 Å². The number of benzene rings is 1. The number of halogens is 1. The number of carbonyl (C=O) groups is 1. The molecule has 2 heterocycles. The summed E-state index contributed by atoms with van der Waals surface area (Å²) in [4.78, 5) is 18.3. The van der Waals surface area contributed by atoms with Gasteiger partial charge in [0.1, 0.15) is 0 Å². The zero-order valence-electron chi connectivity index (χ0n) is 10.8. The number of hydrogen-bond acceptors (Lipinski definition) is 4. The van der Waals surface area contributed by atoms with Crippen molar-refractivity contribution in [3.63, 3.8) is 0 Å². The lowest BCUT2D eigenvalue weighted by Gasteiger charge is -2.02. The minimum absolute atomic E-state index is 0.282. The number of carbonyl (C=O) groups excluding carboxylic acids is 1. The fraction of sp³-hybridized carbons (Fsp3) is 0.154. The average Bonchev–Trinajstić information content (AvgIpc) is 2.90. The molecule has 0 fully saturated rings. The zero-order valence-corrected chi connectivity index (χ0v) is 12.4. The van der Waals surface area contributed by atoms with Crippen molar-refractivity contribution in [3.05, 3.63) is 45.4 Å². The fourth-order valence-corrected chi connectivity index (χ4v) is 2.94. The Bertz CT molecular complexity index is 808. The van der Waals surface area contributed by atoms with Crippen LogP contribution in [-0.4, -0.2) is 20.5 Å². The van der Waals surface area contributed by atoms with E-state index in [1.165, 1.54) is 11.3 Å². The summed E-state index contributed by atoms with van der Waals surface area (Å²) in [6.07, 6.45) is 0. The zero-order chi connectivity index (χ0) is 14.3. The maximum absolute atomic E-state index is 12.1. The molecule has 102 valence electrons. The molecule has 1 aromatic carbocycles. The predicted octanol–water partition coefficient (Wildman–Crippen LogP) is 3.31. The van der Waals surface area contributed by atoms with E-state index in [2.05, 4.69) is 15.4 Å². The molecular formula is C13H11ClN4OS. The molecule has 0 atom stereocenters. The number of fused-ring (bicyclic) bond motifs is 1. The molecule has 0 aliphatic carbocycles. The second kappa shape index (κ2) is 4.88. The normalized spacial score (nSPS) is 10.9. The molecule has 20 heavy (non-hydrogen) atoms. The van der Waals surface area contributed by atoms with Crippen molar-refractivity contribution in [2.24, 2.45) is 0 Å². The van der Waals surface area contributed by atoms with Crippen LogP contribution in [0, 0.1) is 13.8 Å². The van der Waals surface area contributed by atoms with Crippen LogP contribution < -0.4 is 5.32 Å². The Morgan fingerprint density at radius 1 is 1.35 bits per heavy atom. The van der Waals surface area contributed by atoms with E-state index in [1.54, 1.807) is 28.8 Å². The van der Waals surface area contributed by atoms with Gasteiger partial charge in [-0.2, -0.15) is 4.98 Å². The maximum atomic E-state index is 12.1. The first-order valence-corrected chi connectivity index (χ1v) is 7.14. The number of amides is 1. The first-order chi connectivity index (χ1) is 9.56. The number of aryl methyl sites for hydroxylation is 2. The molecule has 0 saturated carbocycles. The third kappa shape index (κ3) is 2.17. The standard InChI is InChI=1S/C13H11ClN4OS/c1-7-8(2)20-13-16-12(17-18(7)13)15-11(19)9-5-3-4-6-10(9)14/h3-6H,1-2H3,(H,15,17,19). The van der Waals surface area contributed by atoms with Gasteiger partial charge in [-0.3, -0.25) is 10.1 Å². The van der Waals surface area contributed by atoms with Crippen molar-refractivity contribution >= 4 is 39.8 Å². The van der Waals surface area contributed by atoms with Crippen molar-refractivity contribution in [2.45, 2.75) is 13.8 Å². The first-order valence-electron chi connectivity index (χ1n) is 5.95. The molecule has 1 amide bonds. The lowest BCUT2D eigenvalue weighted by Crippen LogP contribution is -2.13. The van der Waals surface area contributed by atoms with E-state index in [0.717, 1.165) is 15.5 Å². The Balaban J connectivity index is 1.90. The number of rotatable bonds is 2. The van der Waals surface area contributed by atoms with Gasteiger partial charge in [0.15, 0.2) is 0 Å². The second-order valence-corrected chi connectivity index (χ2v) is 5.90. The number of nitrogens with one attached hydrogen (secondary N) is 1. The molecule has 3 aromatic rings. The molecule has 5 nitrogen and oxygen atoms in total. The molecule has 0 aliphatic rings. The number of aromatic nitrogens is 3. The van der Waals surface area contributed by atoms with Crippen LogP contribution in [0.25, 0.3) is 4.96 Å². The second-order valence-electron chi connectivity index (χ2n) is 4.31. The Morgan fingerprint density at radius 3 is 2.80 bits per heavy atom. The van der Waals surface area contributed by atoms with Crippen molar-refractivity contribution in [1.29, 1.82) is 0 Å². The number of thiazole rings is 1. The van der Waals surface area contributed by atoms with E-state index in [-0.39, 0.29) is 11.9 Å². The van der Waals surface area contributed by atoms with Crippen LogP contribution in [0.1, 0.15) is 20.9 Å². The van der Waals surface area contributed by atoms with Gasteiger partial charge >= 0.3 is 0 Å². The highest BCUT2D eigenvalue weighted by Gasteiger charge is 2.15. The van der Waals surface area contributed by atoms with Crippen molar-refractivity contribution in [2.75, 3.05) is 5.32 Å². The fourth-order valence-electron chi connectivity index (χ4n) is 1.81. The van der Waals surface area contributed by atoms with E-state index in [9.17, 15) is 4.79 Å². The molecule has 2 aromatic heterocycles. The van der Waals surface area contributed by atoms with Gasteiger partial charge in [-0.05, 0) is 26.0 Å². The SMILES string of the molecule is Cc1sc2nc(NC(=O)c3ccccc3Cl)nn2c1C. The monoisotopic (exact) mass is 306 g/mol. The molecular weight excluding hydrogens is 296 g/mol. The first kappa shape index (κ1) is 13.1. The summed E-state index contributed by atoms with van der Waals surface area (Å²) < 4.78 is 1.72. The van der Waals surface area contributed by atoms with Gasteiger partial charge in [0.25, 0.3) is 11.9 Å². The van der Waals surface area contributed by atoms with E-state index < -0.39 is 0 Å². The van der Waals surface area contributed by atoms with Crippen molar-refractivity contribution in [1.82, 2.24) is 14.6 Å². The van der Waals surface area contributed by atoms with E-state index in [1.807, 2.05) is 13.8 Å². The summed E-state index contributed by atoms with van der Waals surface area (Å²) in [5, 5.41) is 7.33. The molecule has 0 spiro atoms. The van der Waals surface area contributed by atoms with Crippen LogP contribution in [0.5, 0.6) is 0 Å². The lowest BCUT2D eigenvalue weighted by atomic mass is 10.2. The predicted molar refractivity (Wildman–Crippen MR) is 79.7 cm³/mol. The molecule has 0 bridgehead atoms. The molecule has 7 heteroatoms. The Labute approximate surface area is 124 Å².